The van der Waals surface area contributed by atoms with Gasteiger partial charge in [-0.05, 0) is 97.7 Å². The van der Waals surface area contributed by atoms with Crippen LogP contribution in [0.3, 0.4) is 0 Å². The Bertz CT molecular complexity index is 730. The van der Waals surface area contributed by atoms with Gasteiger partial charge in [0, 0.05) is 6.42 Å². The van der Waals surface area contributed by atoms with Gasteiger partial charge in [0.25, 0.3) is 0 Å². The average molecular weight is 483 g/mol. The molecule has 7 heteroatoms. The number of hydrogen-bond donors (Lipinski definition) is 5. The maximum Gasteiger partial charge on any atom is 0.303 e. The van der Waals surface area contributed by atoms with Gasteiger partial charge in [-0.25, -0.2) is 0 Å². The maximum absolute atomic E-state index is 11.6. The molecule has 4 fully saturated rings. The van der Waals surface area contributed by atoms with E-state index in [-0.39, 0.29) is 66.2 Å². The van der Waals surface area contributed by atoms with Crippen molar-refractivity contribution in [1.82, 2.24) is 0 Å². The molecule has 0 aliphatic heterocycles. The molecule has 0 aromatic heterocycles. The minimum atomic E-state index is -0.853. The molecule has 7 nitrogen and oxygen atoms in total. The van der Waals surface area contributed by atoms with Crippen LogP contribution in [0.1, 0.15) is 78.6 Å². The van der Waals surface area contributed by atoms with Crippen molar-refractivity contribution in [2.24, 2.45) is 46.3 Å². The van der Waals surface area contributed by atoms with Crippen LogP contribution in [0, 0.1) is 46.3 Å². The second-order valence-corrected chi connectivity index (χ2v) is 12.6. The molecule has 0 saturated heterocycles. The molecule has 0 aromatic carbocycles. The quantitative estimate of drug-likeness (QED) is 0.360. The first kappa shape index (κ1) is 26.3. The molecule has 12 atom stereocenters. The van der Waals surface area contributed by atoms with E-state index in [0.717, 1.165) is 38.5 Å². The lowest BCUT2D eigenvalue weighted by Gasteiger charge is -2.63. The van der Waals surface area contributed by atoms with Crippen LogP contribution in [0.15, 0.2) is 0 Å². The molecule has 0 radical (unpaired) electrons. The Morgan fingerprint density at radius 1 is 1.09 bits per heavy atom. The van der Waals surface area contributed by atoms with E-state index < -0.39 is 24.3 Å². The zero-order valence-electron chi connectivity index (χ0n) is 21.1. The van der Waals surface area contributed by atoms with E-state index in [1.165, 1.54) is 0 Å². The summed E-state index contributed by atoms with van der Waals surface area (Å²) in [5, 5.41) is 51.0. The molecule has 0 amide bonds. The normalized spacial score (nSPS) is 47.9. The van der Waals surface area contributed by atoms with Gasteiger partial charge in [0.05, 0.1) is 31.5 Å². The van der Waals surface area contributed by atoms with E-state index in [1.807, 2.05) is 0 Å². The lowest BCUT2D eigenvalue weighted by Crippen LogP contribution is -2.62. The second-order valence-electron chi connectivity index (χ2n) is 12.6. The van der Waals surface area contributed by atoms with Crippen molar-refractivity contribution in [3.05, 3.63) is 0 Å². The van der Waals surface area contributed by atoms with Crippen molar-refractivity contribution in [3.63, 3.8) is 0 Å². The van der Waals surface area contributed by atoms with E-state index in [4.69, 9.17) is 14.9 Å². The predicted molar refractivity (Wildman–Crippen MR) is 127 cm³/mol. The van der Waals surface area contributed by atoms with Crippen LogP contribution in [0.4, 0.5) is 0 Å². The number of hydrogen-bond acceptors (Lipinski definition) is 6. The number of carboxylic acids is 1. The predicted octanol–water partition coefficient (Wildman–Crippen LogP) is 2.83. The number of rotatable bonds is 8. The van der Waals surface area contributed by atoms with Crippen molar-refractivity contribution in [2.75, 3.05) is 13.2 Å². The van der Waals surface area contributed by atoms with Gasteiger partial charge in [0.1, 0.15) is 6.10 Å². The molecule has 0 spiro atoms. The van der Waals surface area contributed by atoms with Crippen LogP contribution in [-0.2, 0) is 9.53 Å². The minimum absolute atomic E-state index is 0.0350. The Morgan fingerprint density at radius 3 is 2.50 bits per heavy atom. The van der Waals surface area contributed by atoms with Gasteiger partial charge in [0.2, 0.25) is 0 Å². The maximum atomic E-state index is 11.6. The van der Waals surface area contributed by atoms with Gasteiger partial charge in [-0.1, -0.05) is 20.8 Å². The number of carbonyl (C=O) groups is 1. The highest BCUT2D eigenvalue weighted by Crippen LogP contribution is 2.68. The first-order chi connectivity index (χ1) is 16.0. The molecule has 1 unspecified atom stereocenters. The number of aliphatic hydroxyl groups is 4. The topological polar surface area (TPSA) is 127 Å². The summed E-state index contributed by atoms with van der Waals surface area (Å²) < 4.78 is 5.90. The van der Waals surface area contributed by atoms with Crippen LogP contribution >= 0.6 is 0 Å². The van der Waals surface area contributed by atoms with E-state index in [0.29, 0.717) is 18.8 Å². The third-order valence-corrected chi connectivity index (χ3v) is 11.0. The van der Waals surface area contributed by atoms with Crippen molar-refractivity contribution in [3.8, 4) is 0 Å². The number of aliphatic carboxylic acids is 1. The van der Waals surface area contributed by atoms with E-state index >= 15 is 0 Å². The zero-order chi connectivity index (χ0) is 24.8. The van der Waals surface area contributed by atoms with Gasteiger partial charge >= 0.3 is 5.97 Å². The summed E-state index contributed by atoms with van der Waals surface area (Å²) in [6.45, 7) is 6.55. The Kier molecular flexibility index (Phi) is 7.72. The number of ether oxygens (including phenoxy) is 1. The standard InChI is InChI=1S/C27H46O7/c1-15(4-7-24(32)33)19-5-6-20-25-21(12-23(31)27(19,20)3)26(2)9-8-18(34-14-17(29)13-28)10-16(26)11-22(25)30/h15-23,25,28-31H,4-14H2,1-3H3,(H,32,33)/t15-,16+,17?,18-,19-,20+,21+,22-,23+,25+,26+,27-/m1/s1. The van der Waals surface area contributed by atoms with Gasteiger partial charge in [-0.3, -0.25) is 4.79 Å². The molecule has 5 N–H and O–H groups in total. The lowest BCUT2D eigenvalue weighted by molar-refractivity contribution is -0.210. The van der Waals surface area contributed by atoms with Gasteiger partial charge in [-0.2, -0.15) is 0 Å². The smallest absolute Gasteiger partial charge is 0.303 e. The van der Waals surface area contributed by atoms with Crippen molar-refractivity contribution >= 4 is 5.97 Å². The highest BCUT2D eigenvalue weighted by atomic mass is 16.5. The molecular formula is C27H46O7. The highest BCUT2D eigenvalue weighted by Gasteiger charge is 2.65. The number of fused-ring (bicyclic) bond motifs is 5. The van der Waals surface area contributed by atoms with Crippen molar-refractivity contribution in [1.29, 1.82) is 0 Å². The van der Waals surface area contributed by atoms with Gasteiger partial charge in [-0.15, -0.1) is 0 Å². The molecule has 4 saturated carbocycles. The summed E-state index contributed by atoms with van der Waals surface area (Å²) in [4.78, 5) is 11.1. The summed E-state index contributed by atoms with van der Waals surface area (Å²) in [7, 11) is 0. The highest BCUT2D eigenvalue weighted by molar-refractivity contribution is 5.66. The molecule has 0 heterocycles. The Balaban J connectivity index is 1.50. The summed E-state index contributed by atoms with van der Waals surface area (Å²) in [5.74, 6) is 0.794. The summed E-state index contributed by atoms with van der Waals surface area (Å²) >= 11 is 0. The van der Waals surface area contributed by atoms with Crippen LogP contribution in [0.25, 0.3) is 0 Å². The summed E-state index contributed by atoms with van der Waals surface area (Å²) in [6.07, 6.45) is 5.35. The fraction of sp³-hybridized carbons (Fsp3) is 0.963. The average Bonchev–Trinajstić information content (AvgIpc) is 3.15. The van der Waals surface area contributed by atoms with Crippen molar-refractivity contribution in [2.45, 2.75) is 103 Å². The molecule has 4 rings (SSSR count). The lowest BCUT2D eigenvalue weighted by atomic mass is 9.43. The number of carboxylic acid groups (broad SMARTS) is 1. The van der Waals surface area contributed by atoms with Gasteiger partial charge in [0.15, 0.2) is 0 Å². The fourth-order valence-corrected chi connectivity index (χ4v) is 9.12. The monoisotopic (exact) mass is 482 g/mol. The van der Waals surface area contributed by atoms with Crippen molar-refractivity contribution < 1.29 is 35.1 Å². The van der Waals surface area contributed by atoms with E-state index in [1.54, 1.807) is 0 Å². The zero-order valence-corrected chi connectivity index (χ0v) is 21.1. The minimum Gasteiger partial charge on any atom is -0.481 e. The van der Waals surface area contributed by atoms with Crippen LogP contribution < -0.4 is 0 Å². The van der Waals surface area contributed by atoms with Gasteiger partial charge < -0.3 is 30.3 Å². The summed E-state index contributed by atoms with van der Waals surface area (Å²) in [5.41, 5.74) is -0.224. The Labute approximate surface area is 203 Å². The Morgan fingerprint density at radius 2 is 1.82 bits per heavy atom. The fourth-order valence-electron chi connectivity index (χ4n) is 9.12. The molecule has 196 valence electrons. The number of aliphatic hydroxyl groups excluding tert-OH is 4. The third kappa shape index (κ3) is 4.45. The molecule has 0 aromatic rings. The third-order valence-electron chi connectivity index (χ3n) is 11.0. The van der Waals surface area contributed by atoms with E-state index in [2.05, 4.69) is 20.8 Å². The van der Waals surface area contributed by atoms with Crippen LogP contribution in [0.5, 0.6) is 0 Å². The molecular weight excluding hydrogens is 436 g/mol. The molecule has 34 heavy (non-hydrogen) atoms. The molecule has 4 aliphatic carbocycles. The molecule has 4 aliphatic rings. The largest absolute Gasteiger partial charge is 0.481 e. The molecule has 0 bridgehead atoms. The first-order valence-electron chi connectivity index (χ1n) is 13.5. The SMILES string of the molecule is C[C@H](CCC(=O)O)[C@H]1CC[C@H]2[C@@H]3[C@H](O)C[C@@H]4C[C@H](OCC(O)CO)CC[C@]4(C)[C@H]3C[C@H](O)[C@]12C. The van der Waals surface area contributed by atoms with E-state index in [9.17, 15) is 20.1 Å². The Hall–Kier alpha value is -0.730. The summed E-state index contributed by atoms with van der Waals surface area (Å²) in [6, 6.07) is 0. The van der Waals surface area contributed by atoms with Crippen LogP contribution in [0.2, 0.25) is 0 Å². The first-order valence-corrected chi connectivity index (χ1v) is 13.5. The second kappa shape index (κ2) is 9.97. The van der Waals surface area contributed by atoms with Crippen LogP contribution in [-0.4, -0.2) is 69.1 Å².